The Balaban J connectivity index is 2.08. The van der Waals surface area contributed by atoms with Gasteiger partial charge in [-0.05, 0) is 24.6 Å². The molecule has 0 saturated carbocycles. The topological polar surface area (TPSA) is 58.1 Å². The number of hydrogen-bond donors (Lipinski definition) is 1. The summed E-state index contributed by atoms with van der Waals surface area (Å²) in [5.74, 6) is 0.463. The van der Waals surface area contributed by atoms with Crippen molar-refractivity contribution in [3.63, 3.8) is 0 Å². The van der Waals surface area contributed by atoms with Gasteiger partial charge in [0.05, 0.1) is 12.4 Å². The lowest BCUT2D eigenvalue weighted by atomic mass is 10.2. The summed E-state index contributed by atoms with van der Waals surface area (Å²) in [7, 11) is 1.76. The van der Waals surface area contributed by atoms with Crippen molar-refractivity contribution in [2.24, 2.45) is 0 Å². The van der Waals surface area contributed by atoms with Gasteiger partial charge in [0.25, 0.3) is 5.91 Å². The molecule has 5 nitrogen and oxygen atoms in total. The van der Waals surface area contributed by atoms with Crippen LogP contribution in [0, 0.1) is 0 Å². The molecule has 0 aliphatic carbocycles. The predicted octanol–water partition coefficient (Wildman–Crippen LogP) is 2.94. The van der Waals surface area contributed by atoms with E-state index in [1.807, 2.05) is 31.2 Å². The summed E-state index contributed by atoms with van der Waals surface area (Å²) in [6.45, 7) is 3.23. The fourth-order valence-electron chi connectivity index (χ4n) is 1.87. The molecule has 2 rings (SSSR count). The summed E-state index contributed by atoms with van der Waals surface area (Å²) in [5, 5.41) is 3.05. The normalized spacial score (nSPS) is 10.2. The molecule has 1 aromatic carbocycles. The molecule has 6 heteroatoms. The fourth-order valence-corrected chi connectivity index (χ4v) is 2.13. The van der Waals surface area contributed by atoms with E-state index in [1.54, 1.807) is 18.1 Å². The van der Waals surface area contributed by atoms with Gasteiger partial charge in [0, 0.05) is 24.6 Å². The molecule has 0 fully saturated rings. The number of amides is 1. The van der Waals surface area contributed by atoms with Crippen LogP contribution in [0.5, 0.6) is 0 Å². The second kappa shape index (κ2) is 7.17. The summed E-state index contributed by atoms with van der Waals surface area (Å²) in [6, 6.07) is 7.88. The van der Waals surface area contributed by atoms with Crippen LogP contribution in [0.15, 0.2) is 41.1 Å². The standard InChI is InChI=1S/C15H17BrN4O/c1-3-18-14-9-17-8-13(19-14)15(21)20(2)10-11-4-6-12(16)7-5-11/h4-9H,3,10H2,1-2H3,(H,18,19). The molecule has 0 aliphatic rings. The maximum atomic E-state index is 12.4. The fraction of sp³-hybridized carbons (Fsp3) is 0.267. The largest absolute Gasteiger partial charge is 0.369 e. The average molecular weight is 349 g/mol. The van der Waals surface area contributed by atoms with Gasteiger partial charge >= 0.3 is 0 Å². The Morgan fingerprint density at radius 1 is 1.29 bits per heavy atom. The van der Waals surface area contributed by atoms with Crippen molar-refractivity contribution in [2.45, 2.75) is 13.5 Å². The minimum atomic E-state index is -0.148. The van der Waals surface area contributed by atoms with Crippen molar-refractivity contribution in [1.29, 1.82) is 0 Å². The van der Waals surface area contributed by atoms with E-state index in [2.05, 4.69) is 31.2 Å². The van der Waals surface area contributed by atoms with Crippen LogP contribution >= 0.6 is 15.9 Å². The molecule has 2 aromatic rings. The van der Waals surface area contributed by atoms with Crippen molar-refractivity contribution in [3.05, 3.63) is 52.4 Å². The monoisotopic (exact) mass is 348 g/mol. The van der Waals surface area contributed by atoms with E-state index in [4.69, 9.17) is 0 Å². The number of nitrogens with one attached hydrogen (secondary N) is 1. The number of anilines is 1. The van der Waals surface area contributed by atoms with Gasteiger partial charge in [0.15, 0.2) is 0 Å². The van der Waals surface area contributed by atoms with E-state index in [0.29, 0.717) is 18.1 Å². The molecule has 21 heavy (non-hydrogen) atoms. The Bertz CT molecular complexity index is 615. The minimum absolute atomic E-state index is 0.148. The maximum Gasteiger partial charge on any atom is 0.274 e. The van der Waals surface area contributed by atoms with Crippen molar-refractivity contribution >= 4 is 27.7 Å². The zero-order valence-corrected chi connectivity index (χ0v) is 13.6. The first-order valence-corrected chi connectivity index (χ1v) is 7.45. The van der Waals surface area contributed by atoms with Crippen molar-refractivity contribution in [3.8, 4) is 0 Å². The molecule has 0 spiro atoms. The lowest BCUT2D eigenvalue weighted by molar-refractivity contribution is 0.0779. The SMILES string of the molecule is CCNc1cncc(C(=O)N(C)Cc2ccc(Br)cc2)n1. The highest BCUT2D eigenvalue weighted by atomic mass is 79.9. The molecule has 0 bridgehead atoms. The Hall–Kier alpha value is -1.95. The molecular formula is C15H17BrN4O. The van der Waals surface area contributed by atoms with E-state index >= 15 is 0 Å². The van der Waals surface area contributed by atoms with Crippen molar-refractivity contribution in [1.82, 2.24) is 14.9 Å². The molecule has 1 aromatic heterocycles. The molecule has 110 valence electrons. The molecule has 0 unspecified atom stereocenters. The first-order valence-electron chi connectivity index (χ1n) is 6.66. The number of benzene rings is 1. The summed E-state index contributed by atoms with van der Waals surface area (Å²) in [6.07, 6.45) is 3.09. The van der Waals surface area contributed by atoms with Crippen molar-refractivity contribution < 1.29 is 4.79 Å². The molecular weight excluding hydrogens is 332 g/mol. The number of carbonyl (C=O) groups is 1. The van der Waals surface area contributed by atoms with E-state index in [-0.39, 0.29) is 5.91 Å². The van der Waals surface area contributed by atoms with E-state index in [9.17, 15) is 4.79 Å². The van der Waals surface area contributed by atoms with Gasteiger partial charge in [-0.1, -0.05) is 28.1 Å². The van der Waals surface area contributed by atoms with Crippen LogP contribution in [0.1, 0.15) is 23.0 Å². The number of rotatable bonds is 5. The lowest BCUT2D eigenvalue weighted by Crippen LogP contribution is -2.27. The van der Waals surface area contributed by atoms with Crippen molar-refractivity contribution in [2.75, 3.05) is 18.9 Å². The Morgan fingerprint density at radius 3 is 2.67 bits per heavy atom. The first kappa shape index (κ1) is 15.4. The van der Waals surface area contributed by atoms with Gasteiger partial charge in [0.1, 0.15) is 11.5 Å². The molecule has 0 aliphatic heterocycles. The molecule has 1 heterocycles. The zero-order chi connectivity index (χ0) is 15.2. The quantitative estimate of drug-likeness (QED) is 0.902. The van der Waals surface area contributed by atoms with Crippen LogP contribution in [0.2, 0.25) is 0 Å². The van der Waals surface area contributed by atoms with Crippen LogP contribution < -0.4 is 5.32 Å². The van der Waals surface area contributed by atoms with E-state index in [0.717, 1.165) is 16.6 Å². The molecule has 1 amide bonds. The van der Waals surface area contributed by atoms with Crippen LogP contribution in [0.3, 0.4) is 0 Å². The third-order valence-electron chi connectivity index (χ3n) is 2.89. The number of carbonyl (C=O) groups excluding carboxylic acids is 1. The summed E-state index contributed by atoms with van der Waals surface area (Å²) in [4.78, 5) is 22.3. The second-order valence-corrected chi connectivity index (χ2v) is 5.52. The van der Waals surface area contributed by atoms with Crippen LogP contribution in [0.4, 0.5) is 5.82 Å². The predicted molar refractivity (Wildman–Crippen MR) is 86.1 cm³/mol. The van der Waals surface area contributed by atoms with Crippen LogP contribution in [-0.2, 0) is 6.54 Å². The molecule has 0 radical (unpaired) electrons. The second-order valence-electron chi connectivity index (χ2n) is 4.61. The number of halogens is 1. The highest BCUT2D eigenvalue weighted by Crippen LogP contribution is 2.13. The van der Waals surface area contributed by atoms with Gasteiger partial charge in [-0.2, -0.15) is 0 Å². The van der Waals surface area contributed by atoms with Crippen LogP contribution in [-0.4, -0.2) is 34.4 Å². The summed E-state index contributed by atoms with van der Waals surface area (Å²) >= 11 is 3.39. The van der Waals surface area contributed by atoms with Gasteiger partial charge < -0.3 is 10.2 Å². The Kier molecular flexibility index (Phi) is 5.27. The average Bonchev–Trinajstić information content (AvgIpc) is 2.49. The minimum Gasteiger partial charge on any atom is -0.369 e. The van der Waals surface area contributed by atoms with E-state index in [1.165, 1.54) is 6.20 Å². The van der Waals surface area contributed by atoms with Gasteiger partial charge in [-0.15, -0.1) is 0 Å². The first-order chi connectivity index (χ1) is 10.1. The third-order valence-corrected chi connectivity index (χ3v) is 3.42. The Labute approximate surface area is 132 Å². The molecule has 0 saturated heterocycles. The smallest absolute Gasteiger partial charge is 0.274 e. The van der Waals surface area contributed by atoms with Crippen LogP contribution in [0.25, 0.3) is 0 Å². The Morgan fingerprint density at radius 2 is 2.00 bits per heavy atom. The van der Waals surface area contributed by atoms with Gasteiger partial charge in [-0.25, -0.2) is 4.98 Å². The molecule has 1 N–H and O–H groups in total. The third kappa shape index (κ3) is 4.26. The summed E-state index contributed by atoms with van der Waals surface area (Å²) < 4.78 is 1.02. The summed E-state index contributed by atoms with van der Waals surface area (Å²) in [5.41, 5.74) is 1.40. The lowest BCUT2D eigenvalue weighted by Gasteiger charge is -2.17. The number of aromatic nitrogens is 2. The number of nitrogens with zero attached hydrogens (tertiary/aromatic N) is 3. The zero-order valence-electron chi connectivity index (χ0n) is 12.0. The van der Waals surface area contributed by atoms with Gasteiger partial charge in [-0.3, -0.25) is 9.78 Å². The van der Waals surface area contributed by atoms with E-state index < -0.39 is 0 Å². The maximum absolute atomic E-state index is 12.4. The number of hydrogen-bond acceptors (Lipinski definition) is 4. The highest BCUT2D eigenvalue weighted by molar-refractivity contribution is 9.10. The highest BCUT2D eigenvalue weighted by Gasteiger charge is 2.14. The van der Waals surface area contributed by atoms with Gasteiger partial charge in [0.2, 0.25) is 0 Å². The molecule has 0 atom stereocenters.